The summed E-state index contributed by atoms with van der Waals surface area (Å²) in [5.74, 6) is -1.44. The van der Waals surface area contributed by atoms with Crippen molar-refractivity contribution in [2.45, 2.75) is 45.1 Å². The van der Waals surface area contributed by atoms with Crippen LogP contribution in [0.1, 0.15) is 44.6 Å². The molecule has 0 aliphatic heterocycles. The zero-order valence-corrected chi connectivity index (χ0v) is 12.4. The number of rotatable bonds is 5. The number of hydrogen-bond acceptors (Lipinski definition) is 2. The lowest BCUT2D eigenvalue weighted by Crippen LogP contribution is -2.37. The molecule has 0 atom stereocenters. The van der Waals surface area contributed by atoms with Gasteiger partial charge < -0.3 is 10.0 Å². The van der Waals surface area contributed by atoms with Crippen LogP contribution in [0, 0.1) is 5.82 Å². The molecule has 4 heteroatoms. The Hall–Kier alpha value is -1.84. The zero-order chi connectivity index (χ0) is 15.2. The highest BCUT2D eigenvalue weighted by molar-refractivity contribution is 5.87. The van der Waals surface area contributed by atoms with E-state index in [4.69, 9.17) is 5.11 Å². The quantitative estimate of drug-likeness (QED) is 0.831. The van der Waals surface area contributed by atoms with Crippen LogP contribution in [0.4, 0.5) is 10.1 Å². The summed E-state index contributed by atoms with van der Waals surface area (Å²) in [4.78, 5) is 12.9. The first kappa shape index (κ1) is 15.5. The van der Waals surface area contributed by atoms with E-state index in [0.29, 0.717) is 11.6 Å². The highest BCUT2D eigenvalue weighted by Gasteiger charge is 2.22. The molecule has 0 amide bonds. The van der Waals surface area contributed by atoms with Crippen LogP contribution in [0.25, 0.3) is 6.08 Å². The molecule has 1 aliphatic carbocycles. The van der Waals surface area contributed by atoms with Gasteiger partial charge in [0.1, 0.15) is 5.82 Å². The minimum absolute atomic E-state index is 0.368. The second-order valence-corrected chi connectivity index (χ2v) is 5.42. The highest BCUT2D eigenvalue weighted by Crippen LogP contribution is 2.31. The average Bonchev–Trinajstić information content (AvgIpc) is 2.48. The molecule has 0 radical (unpaired) electrons. The summed E-state index contributed by atoms with van der Waals surface area (Å²) < 4.78 is 14.1. The van der Waals surface area contributed by atoms with Crippen molar-refractivity contribution in [1.29, 1.82) is 0 Å². The molecular weight excluding hydrogens is 269 g/mol. The molecule has 1 saturated carbocycles. The average molecular weight is 291 g/mol. The van der Waals surface area contributed by atoms with Gasteiger partial charge in [-0.2, -0.15) is 0 Å². The van der Waals surface area contributed by atoms with Crippen molar-refractivity contribution in [3.63, 3.8) is 0 Å². The molecule has 0 aromatic heterocycles. The Morgan fingerprint density at radius 2 is 2.10 bits per heavy atom. The van der Waals surface area contributed by atoms with Crippen LogP contribution >= 0.6 is 0 Å². The summed E-state index contributed by atoms with van der Waals surface area (Å²) >= 11 is 0. The first-order valence-electron chi connectivity index (χ1n) is 7.59. The minimum Gasteiger partial charge on any atom is -0.478 e. The molecule has 1 fully saturated rings. The number of halogens is 1. The van der Waals surface area contributed by atoms with Crippen LogP contribution in [0.3, 0.4) is 0 Å². The topological polar surface area (TPSA) is 40.5 Å². The smallest absolute Gasteiger partial charge is 0.328 e. The first-order valence-corrected chi connectivity index (χ1v) is 7.59. The van der Waals surface area contributed by atoms with Crippen molar-refractivity contribution < 1.29 is 14.3 Å². The van der Waals surface area contributed by atoms with Gasteiger partial charge in [-0.1, -0.05) is 25.3 Å². The SMILES string of the molecule is CCN(c1cccc(F)c1/C=C/C(=O)O)C1CCCCC1. The van der Waals surface area contributed by atoms with Crippen molar-refractivity contribution >= 4 is 17.7 Å². The Bertz CT molecular complexity index is 522. The van der Waals surface area contributed by atoms with Crippen LogP contribution in [-0.2, 0) is 4.79 Å². The van der Waals surface area contributed by atoms with Gasteiger partial charge in [-0.05, 0) is 38.0 Å². The Morgan fingerprint density at radius 3 is 2.71 bits per heavy atom. The van der Waals surface area contributed by atoms with E-state index >= 15 is 0 Å². The summed E-state index contributed by atoms with van der Waals surface area (Å²) in [6, 6.07) is 5.36. The van der Waals surface area contributed by atoms with E-state index in [9.17, 15) is 9.18 Å². The second kappa shape index (κ2) is 7.25. The molecule has 1 aliphatic rings. The van der Waals surface area contributed by atoms with Crippen molar-refractivity contribution in [3.8, 4) is 0 Å². The maximum absolute atomic E-state index is 14.1. The molecule has 21 heavy (non-hydrogen) atoms. The Kier molecular flexibility index (Phi) is 5.37. The number of hydrogen-bond donors (Lipinski definition) is 1. The van der Waals surface area contributed by atoms with Crippen molar-refractivity contribution in [2.24, 2.45) is 0 Å². The number of carboxylic acids is 1. The van der Waals surface area contributed by atoms with Crippen molar-refractivity contribution in [1.82, 2.24) is 0 Å². The number of carboxylic acid groups (broad SMARTS) is 1. The molecule has 0 bridgehead atoms. The molecule has 2 rings (SSSR count). The van der Waals surface area contributed by atoms with Gasteiger partial charge >= 0.3 is 5.97 Å². The normalized spacial score (nSPS) is 16.3. The molecule has 1 aromatic rings. The van der Waals surface area contributed by atoms with E-state index in [-0.39, 0.29) is 5.82 Å². The third kappa shape index (κ3) is 3.84. The fourth-order valence-corrected chi connectivity index (χ4v) is 3.11. The van der Waals surface area contributed by atoms with Gasteiger partial charge in [0.15, 0.2) is 0 Å². The van der Waals surface area contributed by atoms with Crippen LogP contribution in [-0.4, -0.2) is 23.7 Å². The third-order valence-electron chi connectivity index (χ3n) is 4.09. The highest BCUT2D eigenvalue weighted by atomic mass is 19.1. The Labute approximate surface area is 125 Å². The predicted octanol–water partition coefficient (Wildman–Crippen LogP) is 4.08. The van der Waals surface area contributed by atoms with Crippen LogP contribution in [0.2, 0.25) is 0 Å². The van der Waals surface area contributed by atoms with E-state index < -0.39 is 5.97 Å². The van der Waals surface area contributed by atoms with Gasteiger partial charge in [-0.25, -0.2) is 9.18 Å². The summed E-state index contributed by atoms with van der Waals surface area (Å²) in [7, 11) is 0. The van der Waals surface area contributed by atoms with Crippen LogP contribution < -0.4 is 4.90 Å². The van der Waals surface area contributed by atoms with Gasteiger partial charge in [0, 0.05) is 29.9 Å². The first-order chi connectivity index (χ1) is 10.1. The molecule has 0 unspecified atom stereocenters. The number of carbonyl (C=O) groups is 1. The maximum Gasteiger partial charge on any atom is 0.328 e. The van der Waals surface area contributed by atoms with Crippen LogP contribution in [0.5, 0.6) is 0 Å². The summed E-state index contributed by atoms with van der Waals surface area (Å²) in [6.07, 6.45) is 8.27. The molecule has 1 N–H and O–H groups in total. The molecule has 0 saturated heterocycles. The largest absolute Gasteiger partial charge is 0.478 e. The second-order valence-electron chi connectivity index (χ2n) is 5.42. The Morgan fingerprint density at radius 1 is 1.38 bits per heavy atom. The monoisotopic (exact) mass is 291 g/mol. The van der Waals surface area contributed by atoms with E-state index in [0.717, 1.165) is 31.1 Å². The van der Waals surface area contributed by atoms with Gasteiger partial charge in [0.25, 0.3) is 0 Å². The van der Waals surface area contributed by atoms with Crippen LogP contribution in [0.15, 0.2) is 24.3 Å². The van der Waals surface area contributed by atoms with Gasteiger partial charge in [0.2, 0.25) is 0 Å². The van der Waals surface area contributed by atoms with Gasteiger partial charge in [0.05, 0.1) is 0 Å². The number of aliphatic carboxylic acids is 1. The molecule has 0 heterocycles. The fraction of sp³-hybridized carbons (Fsp3) is 0.471. The van der Waals surface area contributed by atoms with Gasteiger partial charge in [-0.15, -0.1) is 0 Å². The van der Waals surface area contributed by atoms with E-state index in [1.54, 1.807) is 6.07 Å². The van der Waals surface area contributed by atoms with Gasteiger partial charge in [-0.3, -0.25) is 0 Å². The Balaban J connectivity index is 2.35. The van der Waals surface area contributed by atoms with E-state index in [1.165, 1.54) is 31.4 Å². The summed E-state index contributed by atoms with van der Waals surface area (Å²) in [5.41, 5.74) is 1.16. The molecule has 1 aromatic carbocycles. The third-order valence-corrected chi connectivity index (χ3v) is 4.09. The lowest BCUT2D eigenvalue weighted by Gasteiger charge is -2.36. The van der Waals surface area contributed by atoms with Crippen molar-refractivity contribution in [2.75, 3.05) is 11.4 Å². The molecular formula is C17H22FNO2. The maximum atomic E-state index is 14.1. The summed E-state index contributed by atoms with van der Waals surface area (Å²) in [6.45, 7) is 2.85. The minimum atomic E-state index is -1.06. The predicted molar refractivity (Wildman–Crippen MR) is 83.0 cm³/mol. The standard InChI is InChI=1S/C17H22FNO2/c1-2-19(13-7-4-3-5-8-13)16-10-6-9-15(18)14(16)11-12-17(20)21/h6,9-13H,2-5,7-8H2,1H3,(H,20,21)/b12-11+. The van der Waals surface area contributed by atoms with E-state index in [1.807, 2.05) is 6.07 Å². The molecule has 3 nitrogen and oxygen atoms in total. The van der Waals surface area contributed by atoms with Crippen molar-refractivity contribution in [3.05, 3.63) is 35.7 Å². The lowest BCUT2D eigenvalue weighted by atomic mass is 9.93. The lowest BCUT2D eigenvalue weighted by molar-refractivity contribution is -0.131. The fourth-order valence-electron chi connectivity index (χ4n) is 3.11. The number of anilines is 1. The van der Waals surface area contributed by atoms with E-state index in [2.05, 4.69) is 11.8 Å². The number of nitrogens with zero attached hydrogens (tertiary/aromatic N) is 1. The summed E-state index contributed by atoms with van der Waals surface area (Å²) in [5, 5.41) is 8.78. The molecule has 114 valence electrons. The number of benzene rings is 1. The zero-order valence-electron chi connectivity index (χ0n) is 12.4. The molecule has 0 spiro atoms.